The molecule has 1 nitrogen and oxygen atoms in total. The number of hydrogen-bond acceptors (Lipinski definition) is 1. The third-order valence-electron chi connectivity index (χ3n) is 1.72. The van der Waals surface area contributed by atoms with Gasteiger partial charge in [0.05, 0.1) is 12.7 Å². The number of hydrogen-bond donors (Lipinski definition) is 0. The summed E-state index contributed by atoms with van der Waals surface area (Å²) in [6.07, 6.45) is -0.0278. The van der Waals surface area contributed by atoms with E-state index in [1.54, 1.807) is 6.07 Å². The summed E-state index contributed by atoms with van der Waals surface area (Å²) in [6.45, 7) is 0.390. The Kier molecular flexibility index (Phi) is 5.45. The van der Waals surface area contributed by atoms with Crippen LogP contribution in [0.25, 0.3) is 0 Å². The standard InChI is InChI=1S/C10H11BrClFO/c11-5-10(6-12)14-7-8-2-1-3-9(13)4-8/h1-4,10H,5-7H2. The lowest BCUT2D eigenvalue weighted by Crippen LogP contribution is -2.16. The zero-order valence-electron chi connectivity index (χ0n) is 7.55. The maximum Gasteiger partial charge on any atom is 0.123 e. The molecule has 14 heavy (non-hydrogen) atoms. The highest BCUT2D eigenvalue weighted by molar-refractivity contribution is 9.09. The van der Waals surface area contributed by atoms with Gasteiger partial charge in [0.25, 0.3) is 0 Å². The minimum atomic E-state index is -0.243. The smallest absolute Gasteiger partial charge is 0.123 e. The van der Waals surface area contributed by atoms with Crippen molar-refractivity contribution in [1.82, 2.24) is 0 Å². The molecular formula is C10H11BrClFO. The van der Waals surface area contributed by atoms with E-state index in [4.69, 9.17) is 16.3 Å². The van der Waals surface area contributed by atoms with E-state index in [0.29, 0.717) is 17.8 Å². The van der Waals surface area contributed by atoms with Crippen LogP contribution in [0.5, 0.6) is 0 Å². The number of ether oxygens (including phenoxy) is 1. The lowest BCUT2D eigenvalue weighted by molar-refractivity contribution is 0.0716. The molecule has 0 aromatic heterocycles. The highest BCUT2D eigenvalue weighted by atomic mass is 79.9. The first kappa shape index (κ1) is 12.0. The second-order valence-corrected chi connectivity index (χ2v) is 3.83. The van der Waals surface area contributed by atoms with Crippen molar-refractivity contribution in [2.45, 2.75) is 12.7 Å². The van der Waals surface area contributed by atoms with E-state index in [0.717, 1.165) is 5.56 Å². The van der Waals surface area contributed by atoms with Crippen molar-refractivity contribution in [3.63, 3.8) is 0 Å². The van der Waals surface area contributed by atoms with Crippen molar-refractivity contribution in [2.24, 2.45) is 0 Å². The van der Waals surface area contributed by atoms with E-state index in [2.05, 4.69) is 15.9 Å². The van der Waals surface area contributed by atoms with Crippen LogP contribution in [0.4, 0.5) is 4.39 Å². The number of halogens is 3. The summed E-state index contributed by atoms with van der Waals surface area (Å²) in [5.41, 5.74) is 0.820. The summed E-state index contributed by atoms with van der Waals surface area (Å²) >= 11 is 8.92. The molecule has 1 atom stereocenters. The Labute approximate surface area is 96.3 Å². The van der Waals surface area contributed by atoms with E-state index >= 15 is 0 Å². The first-order chi connectivity index (χ1) is 6.76. The summed E-state index contributed by atoms with van der Waals surface area (Å²) in [4.78, 5) is 0. The molecular weight excluding hydrogens is 270 g/mol. The third kappa shape index (κ3) is 3.95. The average Bonchev–Trinajstić information content (AvgIpc) is 2.19. The molecule has 0 amide bonds. The molecule has 0 saturated carbocycles. The normalized spacial score (nSPS) is 12.8. The fraction of sp³-hybridized carbons (Fsp3) is 0.400. The fourth-order valence-corrected chi connectivity index (χ4v) is 1.85. The molecule has 0 heterocycles. The van der Waals surface area contributed by atoms with Crippen molar-refractivity contribution >= 4 is 27.5 Å². The summed E-state index contributed by atoms with van der Waals surface area (Å²) in [5.74, 6) is 0.188. The van der Waals surface area contributed by atoms with Crippen molar-refractivity contribution in [3.8, 4) is 0 Å². The Hall–Kier alpha value is -0.120. The average molecular weight is 282 g/mol. The molecule has 0 aliphatic heterocycles. The van der Waals surface area contributed by atoms with Crippen molar-refractivity contribution in [2.75, 3.05) is 11.2 Å². The molecule has 0 radical (unpaired) electrons. The van der Waals surface area contributed by atoms with E-state index in [1.165, 1.54) is 12.1 Å². The van der Waals surface area contributed by atoms with Crippen LogP contribution >= 0.6 is 27.5 Å². The van der Waals surface area contributed by atoms with Gasteiger partial charge in [-0.15, -0.1) is 11.6 Å². The van der Waals surface area contributed by atoms with Gasteiger partial charge < -0.3 is 4.74 Å². The molecule has 4 heteroatoms. The molecule has 1 aromatic carbocycles. The van der Waals surface area contributed by atoms with Gasteiger partial charge >= 0.3 is 0 Å². The van der Waals surface area contributed by atoms with Gasteiger partial charge in [-0.2, -0.15) is 0 Å². The van der Waals surface area contributed by atoms with Gasteiger partial charge in [-0.3, -0.25) is 0 Å². The highest BCUT2D eigenvalue weighted by Crippen LogP contribution is 2.08. The monoisotopic (exact) mass is 280 g/mol. The van der Waals surface area contributed by atoms with Gasteiger partial charge in [0.15, 0.2) is 0 Å². The second-order valence-electron chi connectivity index (χ2n) is 2.87. The Morgan fingerprint density at radius 3 is 2.86 bits per heavy atom. The van der Waals surface area contributed by atoms with Crippen LogP contribution in [-0.2, 0) is 11.3 Å². The van der Waals surface area contributed by atoms with E-state index in [9.17, 15) is 4.39 Å². The molecule has 0 N–H and O–H groups in total. The van der Waals surface area contributed by atoms with Crippen LogP contribution in [-0.4, -0.2) is 17.3 Å². The maximum atomic E-state index is 12.8. The number of benzene rings is 1. The van der Waals surface area contributed by atoms with Gasteiger partial charge in [-0.25, -0.2) is 4.39 Å². The summed E-state index contributed by atoms with van der Waals surface area (Å²) in [6, 6.07) is 6.35. The Bertz CT molecular complexity index is 279. The zero-order valence-corrected chi connectivity index (χ0v) is 9.89. The molecule has 1 unspecified atom stereocenters. The Morgan fingerprint density at radius 1 is 1.50 bits per heavy atom. The quantitative estimate of drug-likeness (QED) is 0.752. The fourth-order valence-electron chi connectivity index (χ4n) is 0.971. The minimum absolute atomic E-state index is 0.0278. The lowest BCUT2D eigenvalue weighted by Gasteiger charge is -2.11. The van der Waals surface area contributed by atoms with Crippen molar-refractivity contribution < 1.29 is 9.13 Å². The van der Waals surface area contributed by atoms with Gasteiger partial charge in [-0.05, 0) is 17.7 Å². The molecule has 0 aliphatic rings. The van der Waals surface area contributed by atoms with E-state index in [-0.39, 0.29) is 11.9 Å². The first-order valence-electron chi connectivity index (χ1n) is 4.24. The van der Waals surface area contributed by atoms with Gasteiger partial charge in [0.1, 0.15) is 5.82 Å². The summed E-state index contributed by atoms with van der Waals surface area (Å²) < 4.78 is 18.2. The number of rotatable bonds is 5. The predicted octanol–water partition coefficient (Wildman–Crippen LogP) is 3.34. The molecule has 78 valence electrons. The lowest BCUT2D eigenvalue weighted by atomic mass is 10.2. The predicted molar refractivity (Wildman–Crippen MR) is 59.5 cm³/mol. The van der Waals surface area contributed by atoms with Crippen LogP contribution in [0.1, 0.15) is 5.56 Å². The van der Waals surface area contributed by atoms with Crippen LogP contribution in [0.2, 0.25) is 0 Å². The largest absolute Gasteiger partial charge is 0.371 e. The minimum Gasteiger partial charge on any atom is -0.371 e. The molecule has 0 aliphatic carbocycles. The van der Waals surface area contributed by atoms with Crippen LogP contribution < -0.4 is 0 Å². The summed E-state index contributed by atoms with van der Waals surface area (Å²) in [7, 11) is 0. The van der Waals surface area contributed by atoms with E-state index < -0.39 is 0 Å². The molecule has 0 fully saturated rings. The maximum absolute atomic E-state index is 12.8. The van der Waals surface area contributed by atoms with Gasteiger partial charge in [0.2, 0.25) is 0 Å². The Morgan fingerprint density at radius 2 is 2.29 bits per heavy atom. The molecule has 0 bridgehead atoms. The second kappa shape index (κ2) is 6.38. The van der Waals surface area contributed by atoms with Crippen LogP contribution in [0.15, 0.2) is 24.3 Å². The SMILES string of the molecule is Fc1cccc(COC(CCl)CBr)c1. The topological polar surface area (TPSA) is 9.23 Å². The van der Waals surface area contributed by atoms with E-state index in [1.807, 2.05) is 6.07 Å². The third-order valence-corrected chi connectivity index (χ3v) is 2.79. The molecule has 1 aromatic rings. The zero-order chi connectivity index (χ0) is 10.4. The molecule has 0 saturated heterocycles. The Balaban J connectivity index is 2.44. The highest BCUT2D eigenvalue weighted by Gasteiger charge is 2.05. The van der Waals surface area contributed by atoms with Gasteiger partial charge in [-0.1, -0.05) is 28.1 Å². The van der Waals surface area contributed by atoms with Crippen LogP contribution in [0, 0.1) is 5.82 Å². The molecule has 0 spiro atoms. The summed E-state index contributed by atoms with van der Waals surface area (Å²) in [5, 5.41) is 0.686. The molecule has 1 rings (SSSR count). The van der Waals surface area contributed by atoms with Crippen molar-refractivity contribution in [3.05, 3.63) is 35.6 Å². The van der Waals surface area contributed by atoms with Crippen molar-refractivity contribution in [1.29, 1.82) is 0 Å². The first-order valence-corrected chi connectivity index (χ1v) is 5.90. The van der Waals surface area contributed by atoms with Gasteiger partial charge in [0, 0.05) is 11.2 Å². The van der Waals surface area contributed by atoms with Crippen LogP contribution in [0.3, 0.4) is 0 Å². The number of alkyl halides is 2.